The molecule has 0 aromatic carbocycles. The molecule has 0 heterocycles. The van der Waals surface area contributed by atoms with Crippen LogP contribution < -0.4 is 5.32 Å². The molecule has 0 bridgehead atoms. The second-order valence-electron chi connectivity index (χ2n) is 3.29. The van der Waals surface area contributed by atoms with E-state index in [4.69, 9.17) is 0 Å². The Morgan fingerprint density at radius 2 is 2.08 bits per heavy atom. The molecule has 0 saturated heterocycles. The number of carbonyl (C=O) groups is 1. The fourth-order valence-corrected chi connectivity index (χ4v) is 1.94. The predicted octanol–water partition coefficient (Wildman–Crippen LogP) is 2.71. The number of nitrogens with one attached hydrogen (secondary N) is 1. The monoisotopic (exact) mass is 249 g/mol. The number of alkyl halides is 1. The third-order valence-electron chi connectivity index (χ3n) is 2.12. The van der Waals surface area contributed by atoms with Gasteiger partial charge in [-0.1, -0.05) is 36.2 Å². The lowest BCUT2D eigenvalue weighted by molar-refractivity contribution is -0.120. The van der Waals surface area contributed by atoms with Crippen LogP contribution in [0.2, 0.25) is 0 Å². The molecular weight excluding hydrogens is 230 g/mol. The largest absolute Gasteiger partial charge is 0.356 e. The summed E-state index contributed by atoms with van der Waals surface area (Å²) in [5.74, 6) is 0.801. The Labute approximate surface area is 89.6 Å². The zero-order valence-electron chi connectivity index (χ0n) is 8.61. The summed E-state index contributed by atoms with van der Waals surface area (Å²) in [6.07, 6.45) is 4.14. The van der Waals surface area contributed by atoms with Gasteiger partial charge in [0, 0.05) is 18.3 Å². The van der Waals surface area contributed by atoms with Crippen LogP contribution in [-0.2, 0) is 4.79 Å². The number of hydrogen-bond acceptors (Lipinski definition) is 1. The number of halogens is 1. The van der Waals surface area contributed by atoms with Gasteiger partial charge < -0.3 is 5.32 Å². The number of carbonyl (C=O) groups excluding carboxylic acids is 1. The first-order valence-corrected chi connectivity index (χ1v) is 6.19. The summed E-state index contributed by atoms with van der Waals surface area (Å²) in [6.45, 7) is 4.91. The van der Waals surface area contributed by atoms with Crippen LogP contribution in [0.4, 0.5) is 0 Å². The predicted molar refractivity (Wildman–Crippen MR) is 60.1 cm³/mol. The van der Waals surface area contributed by atoms with Crippen molar-refractivity contribution < 1.29 is 4.79 Å². The minimum absolute atomic E-state index is 0.163. The highest BCUT2D eigenvalue weighted by Crippen LogP contribution is 2.11. The molecule has 0 spiro atoms. The molecule has 0 radical (unpaired) electrons. The van der Waals surface area contributed by atoms with Crippen LogP contribution in [-0.4, -0.2) is 17.8 Å². The summed E-state index contributed by atoms with van der Waals surface area (Å²) in [7, 11) is 0. The van der Waals surface area contributed by atoms with Crippen molar-refractivity contribution in [1.29, 1.82) is 0 Å². The molecule has 78 valence electrons. The molecule has 13 heavy (non-hydrogen) atoms. The molecule has 1 amide bonds. The van der Waals surface area contributed by atoms with E-state index in [-0.39, 0.29) is 5.91 Å². The van der Waals surface area contributed by atoms with Crippen molar-refractivity contribution in [3.63, 3.8) is 0 Å². The summed E-state index contributed by atoms with van der Waals surface area (Å²) < 4.78 is 0. The van der Waals surface area contributed by atoms with E-state index in [0.29, 0.717) is 12.3 Å². The number of rotatable bonds is 7. The van der Waals surface area contributed by atoms with E-state index in [9.17, 15) is 4.79 Å². The normalized spacial score (nSPS) is 12.5. The van der Waals surface area contributed by atoms with Crippen LogP contribution in [0.15, 0.2) is 0 Å². The van der Waals surface area contributed by atoms with Crippen LogP contribution in [0.25, 0.3) is 0 Å². The smallest absolute Gasteiger partial charge is 0.219 e. The van der Waals surface area contributed by atoms with Crippen molar-refractivity contribution in [3.05, 3.63) is 0 Å². The molecule has 0 rings (SSSR count). The molecule has 0 aliphatic heterocycles. The second kappa shape index (κ2) is 8.54. The van der Waals surface area contributed by atoms with E-state index in [2.05, 4.69) is 28.2 Å². The third kappa shape index (κ3) is 7.05. The molecule has 0 saturated carbocycles. The van der Waals surface area contributed by atoms with E-state index in [1.54, 1.807) is 0 Å². The highest BCUT2D eigenvalue weighted by atomic mass is 79.9. The van der Waals surface area contributed by atoms with Gasteiger partial charge in [-0.2, -0.15) is 0 Å². The summed E-state index contributed by atoms with van der Waals surface area (Å²) >= 11 is 3.43. The highest BCUT2D eigenvalue weighted by Gasteiger charge is 2.07. The summed E-state index contributed by atoms with van der Waals surface area (Å²) in [4.78, 5) is 11.0. The zero-order chi connectivity index (χ0) is 10.1. The molecule has 2 nitrogen and oxygen atoms in total. The molecule has 0 aliphatic carbocycles. The van der Waals surface area contributed by atoms with Gasteiger partial charge in [-0.15, -0.1) is 0 Å². The summed E-state index contributed by atoms with van der Waals surface area (Å²) in [6, 6.07) is 0. The van der Waals surface area contributed by atoms with Crippen molar-refractivity contribution in [2.24, 2.45) is 5.92 Å². The van der Waals surface area contributed by atoms with E-state index < -0.39 is 0 Å². The lowest BCUT2D eigenvalue weighted by Gasteiger charge is -2.15. The third-order valence-corrected chi connectivity index (χ3v) is 2.58. The van der Waals surface area contributed by atoms with E-state index >= 15 is 0 Å². The number of hydrogen-bond donors (Lipinski definition) is 1. The first-order valence-electron chi connectivity index (χ1n) is 5.07. The van der Waals surface area contributed by atoms with Crippen LogP contribution in [0.3, 0.4) is 0 Å². The maximum Gasteiger partial charge on any atom is 0.219 e. The van der Waals surface area contributed by atoms with Gasteiger partial charge in [0.05, 0.1) is 0 Å². The van der Waals surface area contributed by atoms with Gasteiger partial charge in [0.25, 0.3) is 0 Å². The Morgan fingerprint density at radius 3 is 2.54 bits per heavy atom. The van der Waals surface area contributed by atoms with Crippen LogP contribution in [0.5, 0.6) is 0 Å². The van der Waals surface area contributed by atoms with Gasteiger partial charge in [-0.25, -0.2) is 0 Å². The van der Waals surface area contributed by atoms with Gasteiger partial charge in [0.2, 0.25) is 5.91 Å². The minimum atomic E-state index is 0.163. The average Bonchev–Trinajstić information content (AvgIpc) is 2.14. The molecule has 1 atom stereocenters. The van der Waals surface area contributed by atoms with E-state index in [0.717, 1.165) is 18.3 Å². The second-order valence-corrected chi connectivity index (χ2v) is 4.08. The van der Waals surface area contributed by atoms with E-state index in [1.165, 1.54) is 12.8 Å². The Morgan fingerprint density at radius 1 is 1.38 bits per heavy atom. The maximum absolute atomic E-state index is 11.0. The van der Waals surface area contributed by atoms with Crippen LogP contribution >= 0.6 is 15.9 Å². The van der Waals surface area contributed by atoms with Crippen molar-refractivity contribution in [2.45, 2.75) is 39.5 Å². The molecule has 1 N–H and O–H groups in total. The van der Waals surface area contributed by atoms with Crippen LogP contribution in [0.1, 0.15) is 39.5 Å². The standard InChI is InChI=1S/C10H20BrNO/c1-3-5-9(6-7-11)8-12-10(13)4-2/h9H,3-8H2,1-2H3,(H,12,13). The van der Waals surface area contributed by atoms with Crippen molar-refractivity contribution in [2.75, 3.05) is 11.9 Å². The molecule has 0 aromatic rings. The van der Waals surface area contributed by atoms with Gasteiger partial charge in [0.15, 0.2) is 0 Å². The van der Waals surface area contributed by atoms with Crippen molar-refractivity contribution in [3.8, 4) is 0 Å². The zero-order valence-corrected chi connectivity index (χ0v) is 10.2. The molecule has 0 aromatic heterocycles. The minimum Gasteiger partial charge on any atom is -0.356 e. The molecule has 3 heteroatoms. The molecule has 0 fully saturated rings. The van der Waals surface area contributed by atoms with Gasteiger partial charge in [0.1, 0.15) is 0 Å². The van der Waals surface area contributed by atoms with Crippen molar-refractivity contribution >= 4 is 21.8 Å². The maximum atomic E-state index is 11.0. The fourth-order valence-electron chi connectivity index (χ4n) is 1.29. The Balaban J connectivity index is 3.61. The highest BCUT2D eigenvalue weighted by molar-refractivity contribution is 9.09. The molecule has 1 unspecified atom stereocenters. The van der Waals surface area contributed by atoms with Crippen LogP contribution in [0, 0.1) is 5.92 Å². The quantitative estimate of drug-likeness (QED) is 0.691. The van der Waals surface area contributed by atoms with Gasteiger partial charge in [-0.3, -0.25) is 4.79 Å². The lowest BCUT2D eigenvalue weighted by atomic mass is 10.0. The fraction of sp³-hybridized carbons (Fsp3) is 0.900. The SMILES string of the molecule is CCCC(CCBr)CNC(=O)CC. The Kier molecular flexibility index (Phi) is 8.51. The Bertz CT molecular complexity index is 133. The molecular formula is C10H20BrNO. The lowest BCUT2D eigenvalue weighted by Crippen LogP contribution is -2.28. The van der Waals surface area contributed by atoms with Gasteiger partial charge in [-0.05, 0) is 18.8 Å². The molecule has 0 aliphatic rings. The average molecular weight is 250 g/mol. The topological polar surface area (TPSA) is 29.1 Å². The summed E-state index contributed by atoms with van der Waals surface area (Å²) in [5, 5.41) is 3.97. The number of amides is 1. The van der Waals surface area contributed by atoms with Gasteiger partial charge >= 0.3 is 0 Å². The van der Waals surface area contributed by atoms with Crippen molar-refractivity contribution in [1.82, 2.24) is 5.32 Å². The first-order chi connectivity index (χ1) is 6.24. The van der Waals surface area contributed by atoms with E-state index in [1.807, 2.05) is 6.92 Å². The Hall–Kier alpha value is -0.0500. The summed E-state index contributed by atoms with van der Waals surface area (Å²) in [5.41, 5.74) is 0. The first kappa shape index (κ1) is 12.9.